The van der Waals surface area contributed by atoms with Crippen LogP contribution in [0, 0.1) is 5.92 Å². The van der Waals surface area contributed by atoms with Crippen LogP contribution in [0.5, 0.6) is 0 Å². The minimum absolute atomic E-state index is 0.0277. The lowest BCUT2D eigenvalue weighted by Crippen LogP contribution is -2.40. The fourth-order valence-electron chi connectivity index (χ4n) is 2.13. The Morgan fingerprint density at radius 3 is 2.56 bits per heavy atom. The van der Waals surface area contributed by atoms with Crippen LogP contribution in [0.4, 0.5) is 0 Å². The Hall–Kier alpha value is -1.10. The molecule has 0 bridgehead atoms. The molecule has 1 aliphatic heterocycles. The van der Waals surface area contributed by atoms with Crippen LogP contribution in [0.15, 0.2) is 0 Å². The van der Waals surface area contributed by atoms with Crippen LogP contribution in [0.1, 0.15) is 39.0 Å². The van der Waals surface area contributed by atoms with E-state index in [4.69, 9.17) is 9.84 Å². The summed E-state index contributed by atoms with van der Waals surface area (Å²) in [5, 5.41) is 8.71. The van der Waals surface area contributed by atoms with E-state index in [0.29, 0.717) is 19.7 Å². The maximum atomic E-state index is 11.8. The lowest BCUT2D eigenvalue weighted by atomic mass is 9.94. The molecule has 1 N–H and O–H groups in total. The molecule has 18 heavy (non-hydrogen) atoms. The van der Waals surface area contributed by atoms with E-state index in [1.54, 1.807) is 4.90 Å². The highest BCUT2D eigenvalue weighted by molar-refractivity contribution is 5.77. The summed E-state index contributed by atoms with van der Waals surface area (Å²) in [4.78, 5) is 24.1. The SMILES string of the molecule is CCCCOCC(=O)N1CCC(CC(=O)O)CC1. The Balaban J connectivity index is 2.17. The smallest absolute Gasteiger partial charge is 0.303 e. The first-order chi connectivity index (χ1) is 8.63. The molecule has 0 unspecified atom stereocenters. The number of carboxylic acids is 1. The number of hydrogen-bond acceptors (Lipinski definition) is 3. The van der Waals surface area contributed by atoms with E-state index in [1.165, 1.54) is 0 Å². The van der Waals surface area contributed by atoms with Gasteiger partial charge in [0.1, 0.15) is 6.61 Å². The molecule has 0 radical (unpaired) electrons. The zero-order valence-electron chi connectivity index (χ0n) is 11.1. The van der Waals surface area contributed by atoms with Crippen molar-refractivity contribution >= 4 is 11.9 Å². The number of nitrogens with zero attached hydrogens (tertiary/aromatic N) is 1. The fraction of sp³-hybridized carbons (Fsp3) is 0.846. The highest BCUT2D eigenvalue weighted by atomic mass is 16.5. The molecule has 1 rings (SSSR count). The summed E-state index contributed by atoms with van der Waals surface area (Å²) in [6.07, 6.45) is 3.83. The number of ether oxygens (including phenoxy) is 1. The number of carbonyl (C=O) groups is 2. The summed E-state index contributed by atoms with van der Waals surface area (Å²) in [5.74, 6) is -0.505. The minimum Gasteiger partial charge on any atom is -0.481 e. The van der Waals surface area contributed by atoms with Crippen molar-refractivity contribution in [3.8, 4) is 0 Å². The van der Waals surface area contributed by atoms with Gasteiger partial charge in [-0.05, 0) is 25.2 Å². The number of carboxylic acid groups (broad SMARTS) is 1. The van der Waals surface area contributed by atoms with Gasteiger partial charge >= 0.3 is 5.97 Å². The van der Waals surface area contributed by atoms with Crippen molar-refractivity contribution in [2.24, 2.45) is 5.92 Å². The summed E-state index contributed by atoms with van der Waals surface area (Å²) in [7, 11) is 0. The minimum atomic E-state index is -0.748. The number of aliphatic carboxylic acids is 1. The van der Waals surface area contributed by atoms with Gasteiger partial charge in [0, 0.05) is 26.1 Å². The van der Waals surface area contributed by atoms with Crippen LogP contribution in [0.2, 0.25) is 0 Å². The van der Waals surface area contributed by atoms with Crippen LogP contribution < -0.4 is 0 Å². The Morgan fingerprint density at radius 1 is 1.33 bits per heavy atom. The largest absolute Gasteiger partial charge is 0.481 e. The van der Waals surface area contributed by atoms with Crippen molar-refractivity contribution in [3.05, 3.63) is 0 Å². The van der Waals surface area contributed by atoms with E-state index >= 15 is 0 Å². The molecular weight excluding hydrogens is 234 g/mol. The molecule has 0 aromatic heterocycles. The number of rotatable bonds is 7. The molecule has 104 valence electrons. The highest BCUT2D eigenvalue weighted by Crippen LogP contribution is 2.20. The Bertz CT molecular complexity index is 272. The van der Waals surface area contributed by atoms with Gasteiger partial charge in [0.05, 0.1) is 0 Å². The lowest BCUT2D eigenvalue weighted by Gasteiger charge is -2.31. The molecule has 1 fully saturated rings. The van der Waals surface area contributed by atoms with Crippen LogP contribution in [0.25, 0.3) is 0 Å². The van der Waals surface area contributed by atoms with Crippen molar-refractivity contribution in [2.45, 2.75) is 39.0 Å². The molecule has 1 amide bonds. The molecule has 5 heteroatoms. The molecule has 0 aromatic carbocycles. The van der Waals surface area contributed by atoms with Gasteiger partial charge in [-0.15, -0.1) is 0 Å². The number of unbranched alkanes of at least 4 members (excludes halogenated alkanes) is 1. The highest BCUT2D eigenvalue weighted by Gasteiger charge is 2.24. The fourth-order valence-corrected chi connectivity index (χ4v) is 2.13. The second-order valence-electron chi connectivity index (χ2n) is 4.83. The molecule has 0 atom stereocenters. The molecule has 0 aromatic rings. The molecule has 1 aliphatic rings. The van der Waals surface area contributed by atoms with Gasteiger partial charge in [0.15, 0.2) is 0 Å². The first-order valence-electron chi connectivity index (χ1n) is 6.70. The van der Waals surface area contributed by atoms with E-state index in [-0.39, 0.29) is 24.9 Å². The Kier molecular flexibility index (Phi) is 6.72. The summed E-state index contributed by atoms with van der Waals surface area (Å²) in [6, 6.07) is 0. The van der Waals surface area contributed by atoms with E-state index in [9.17, 15) is 9.59 Å². The van der Waals surface area contributed by atoms with E-state index in [1.807, 2.05) is 0 Å². The predicted molar refractivity (Wildman–Crippen MR) is 67.3 cm³/mol. The topological polar surface area (TPSA) is 66.8 Å². The maximum absolute atomic E-state index is 11.8. The van der Waals surface area contributed by atoms with Gasteiger partial charge in [-0.1, -0.05) is 13.3 Å². The van der Waals surface area contributed by atoms with E-state index in [2.05, 4.69) is 6.92 Å². The van der Waals surface area contributed by atoms with Gasteiger partial charge < -0.3 is 14.7 Å². The van der Waals surface area contributed by atoms with Crippen molar-refractivity contribution in [1.82, 2.24) is 4.90 Å². The second-order valence-corrected chi connectivity index (χ2v) is 4.83. The van der Waals surface area contributed by atoms with Crippen molar-refractivity contribution in [3.63, 3.8) is 0 Å². The molecule has 5 nitrogen and oxygen atoms in total. The first-order valence-corrected chi connectivity index (χ1v) is 6.70. The summed E-state index contributed by atoms with van der Waals surface area (Å²) < 4.78 is 5.30. The van der Waals surface area contributed by atoms with Gasteiger partial charge in [0.2, 0.25) is 5.91 Å². The van der Waals surface area contributed by atoms with Gasteiger partial charge in [-0.25, -0.2) is 0 Å². The van der Waals surface area contributed by atoms with Crippen molar-refractivity contribution in [2.75, 3.05) is 26.3 Å². The molecule has 0 spiro atoms. The van der Waals surface area contributed by atoms with Gasteiger partial charge in [-0.3, -0.25) is 9.59 Å². The zero-order chi connectivity index (χ0) is 13.4. The quantitative estimate of drug-likeness (QED) is 0.702. The molecule has 1 saturated heterocycles. The Morgan fingerprint density at radius 2 is 2.00 bits per heavy atom. The van der Waals surface area contributed by atoms with Gasteiger partial charge in [-0.2, -0.15) is 0 Å². The standard InChI is InChI=1S/C13H23NO4/c1-2-3-8-18-10-12(15)14-6-4-11(5-7-14)9-13(16)17/h11H,2-10H2,1H3,(H,16,17). The average Bonchev–Trinajstić information content (AvgIpc) is 2.34. The Labute approximate surface area is 108 Å². The predicted octanol–water partition coefficient (Wildman–Crippen LogP) is 1.52. The third-order valence-electron chi connectivity index (χ3n) is 3.30. The molecule has 1 heterocycles. The number of carbonyl (C=O) groups excluding carboxylic acids is 1. The zero-order valence-corrected chi connectivity index (χ0v) is 11.1. The lowest BCUT2D eigenvalue weighted by molar-refractivity contribution is -0.139. The number of likely N-dealkylation sites (tertiary alicyclic amines) is 1. The van der Waals surface area contributed by atoms with Crippen molar-refractivity contribution < 1.29 is 19.4 Å². The molecule has 0 saturated carbocycles. The van der Waals surface area contributed by atoms with Crippen LogP contribution in [0.3, 0.4) is 0 Å². The van der Waals surface area contributed by atoms with Crippen LogP contribution in [-0.2, 0) is 14.3 Å². The van der Waals surface area contributed by atoms with Crippen LogP contribution in [-0.4, -0.2) is 48.2 Å². The van der Waals surface area contributed by atoms with Crippen LogP contribution >= 0.6 is 0 Å². The normalized spacial score (nSPS) is 16.8. The monoisotopic (exact) mass is 257 g/mol. The van der Waals surface area contributed by atoms with Crippen molar-refractivity contribution in [1.29, 1.82) is 0 Å². The first kappa shape index (κ1) is 15.0. The summed E-state index contributed by atoms with van der Waals surface area (Å²) in [6.45, 7) is 4.20. The number of amides is 1. The maximum Gasteiger partial charge on any atom is 0.303 e. The third kappa shape index (κ3) is 5.49. The summed E-state index contributed by atoms with van der Waals surface area (Å²) >= 11 is 0. The second kappa shape index (κ2) is 8.08. The third-order valence-corrected chi connectivity index (χ3v) is 3.30. The number of hydrogen-bond donors (Lipinski definition) is 1. The van der Waals surface area contributed by atoms with E-state index < -0.39 is 5.97 Å². The summed E-state index contributed by atoms with van der Waals surface area (Å²) in [5.41, 5.74) is 0. The molecular formula is C13H23NO4. The average molecular weight is 257 g/mol. The number of piperidine rings is 1. The molecule has 0 aliphatic carbocycles. The van der Waals surface area contributed by atoms with Gasteiger partial charge in [0.25, 0.3) is 0 Å². The van der Waals surface area contributed by atoms with E-state index in [0.717, 1.165) is 25.7 Å².